The molecule has 2 aliphatic carbocycles. The number of rotatable bonds is 6. The predicted octanol–water partition coefficient (Wildman–Crippen LogP) is 2.43. The van der Waals surface area contributed by atoms with Crippen LogP contribution in [0.1, 0.15) is 44.7 Å². The summed E-state index contributed by atoms with van der Waals surface area (Å²) in [6.07, 6.45) is 6.79. The SMILES string of the molecule is Cc1c([N+](=O)[O-])cnn1CCC(=O)N[C@H](C)[C@H]1C[C@@H]2CC[C@@H]1C2. The number of hydrogen-bond acceptors (Lipinski definition) is 4. The van der Waals surface area contributed by atoms with Crippen molar-refractivity contribution in [2.24, 2.45) is 17.8 Å². The van der Waals surface area contributed by atoms with E-state index >= 15 is 0 Å². The first kappa shape index (κ1) is 16.0. The van der Waals surface area contributed by atoms with Gasteiger partial charge in [0.25, 0.3) is 0 Å². The van der Waals surface area contributed by atoms with Crippen LogP contribution >= 0.6 is 0 Å². The first-order chi connectivity index (χ1) is 11.0. The zero-order valence-electron chi connectivity index (χ0n) is 13.7. The van der Waals surface area contributed by atoms with Gasteiger partial charge in [0, 0.05) is 12.5 Å². The summed E-state index contributed by atoms with van der Waals surface area (Å²) in [5.74, 6) is 2.27. The molecule has 0 radical (unpaired) electrons. The molecule has 0 aliphatic heterocycles. The molecular formula is C16H24N4O3. The van der Waals surface area contributed by atoms with E-state index in [1.54, 1.807) is 6.92 Å². The first-order valence-corrected chi connectivity index (χ1v) is 8.42. The molecule has 1 aromatic heterocycles. The number of nitro groups is 1. The van der Waals surface area contributed by atoms with Gasteiger partial charge in [-0.3, -0.25) is 19.6 Å². The van der Waals surface area contributed by atoms with Crippen molar-refractivity contribution in [2.45, 2.75) is 58.5 Å². The van der Waals surface area contributed by atoms with Gasteiger partial charge in [0.1, 0.15) is 11.9 Å². The molecule has 1 amide bonds. The van der Waals surface area contributed by atoms with Gasteiger partial charge in [0.05, 0.1) is 11.5 Å². The molecule has 1 heterocycles. The summed E-state index contributed by atoms with van der Waals surface area (Å²) in [5, 5.41) is 17.9. The van der Waals surface area contributed by atoms with Gasteiger partial charge in [-0.25, -0.2) is 0 Å². The van der Waals surface area contributed by atoms with Crippen LogP contribution < -0.4 is 5.32 Å². The number of aromatic nitrogens is 2. The fraction of sp³-hybridized carbons (Fsp3) is 0.750. The maximum atomic E-state index is 12.2. The van der Waals surface area contributed by atoms with Gasteiger partial charge in [0.2, 0.25) is 5.91 Å². The highest BCUT2D eigenvalue weighted by Gasteiger charge is 2.42. The normalized spacial score (nSPS) is 27.1. The van der Waals surface area contributed by atoms with E-state index in [9.17, 15) is 14.9 Å². The molecule has 2 aliphatic rings. The molecule has 1 N–H and O–H groups in total. The summed E-state index contributed by atoms with van der Waals surface area (Å²) in [5.41, 5.74) is 0.490. The molecular weight excluding hydrogens is 296 g/mol. The number of aryl methyl sites for hydroxylation is 1. The molecule has 3 rings (SSSR count). The fourth-order valence-electron chi connectivity index (χ4n) is 4.39. The molecule has 4 atom stereocenters. The van der Waals surface area contributed by atoms with Gasteiger partial charge in [-0.05, 0) is 50.9 Å². The Kier molecular flexibility index (Phi) is 4.37. The van der Waals surface area contributed by atoms with Gasteiger partial charge < -0.3 is 5.32 Å². The Hall–Kier alpha value is -1.92. The van der Waals surface area contributed by atoms with Crippen molar-refractivity contribution in [3.05, 3.63) is 22.0 Å². The van der Waals surface area contributed by atoms with Crippen molar-refractivity contribution in [2.75, 3.05) is 0 Å². The third kappa shape index (κ3) is 3.23. The topological polar surface area (TPSA) is 90.1 Å². The van der Waals surface area contributed by atoms with Crippen LogP contribution in [0.2, 0.25) is 0 Å². The molecule has 2 fully saturated rings. The van der Waals surface area contributed by atoms with Crippen molar-refractivity contribution < 1.29 is 9.72 Å². The van der Waals surface area contributed by atoms with Crippen LogP contribution in [0.4, 0.5) is 5.69 Å². The number of nitrogens with zero attached hydrogens (tertiary/aromatic N) is 3. The van der Waals surface area contributed by atoms with Crippen molar-refractivity contribution >= 4 is 11.6 Å². The number of amides is 1. The number of carbonyl (C=O) groups excluding carboxylic acids is 1. The lowest BCUT2D eigenvalue weighted by Gasteiger charge is -2.28. The van der Waals surface area contributed by atoms with Crippen LogP contribution in [0.25, 0.3) is 0 Å². The summed E-state index contributed by atoms with van der Waals surface area (Å²) in [6.45, 7) is 4.13. The monoisotopic (exact) mass is 320 g/mol. The maximum Gasteiger partial charge on any atom is 0.309 e. The van der Waals surface area contributed by atoms with Crippen LogP contribution in [0.15, 0.2) is 6.20 Å². The van der Waals surface area contributed by atoms with E-state index in [1.165, 1.54) is 36.6 Å². The molecule has 0 spiro atoms. The van der Waals surface area contributed by atoms with Crippen LogP contribution in [0.3, 0.4) is 0 Å². The predicted molar refractivity (Wildman–Crippen MR) is 84.8 cm³/mol. The second-order valence-corrected chi connectivity index (χ2v) is 7.04. The quantitative estimate of drug-likeness (QED) is 0.644. The maximum absolute atomic E-state index is 12.2. The highest BCUT2D eigenvalue weighted by molar-refractivity contribution is 5.76. The van der Waals surface area contributed by atoms with E-state index in [0.717, 1.165) is 11.8 Å². The molecule has 7 heteroatoms. The third-order valence-corrected chi connectivity index (χ3v) is 5.65. The van der Waals surface area contributed by atoms with Gasteiger partial charge in [-0.15, -0.1) is 0 Å². The average Bonchev–Trinajstić information content (AvgIpc) is 3.20. The third-order valence-electron chi connectivity index (χ3n) is 5.65. The van der Waals surface area contributed by atoms with Gasteiger partial charge in [-0.1, -0.05) is 6.42 Å². The lowest BCUT2D eigenvalue weighted by atomic mass is 9.84. The smallest absolute Gasteiger partial charge is 0.309 e. The summed E-state index contributed by atoms with van der Waals surface area (Å²) >= 11 is 0. The van der Waals surface area contributed by atoms with Crippen LogP contribution in [0, 0.1) is 34.8 Å². The Morgan fingerprint density at radius 3 is 2.87 bits per heavy atom. The highest BCUT2D eigenvalue weighted by Crippen LogP contribution is 2.49. The second-order valence-electron chi connectivity index (χ2n) is 7.04. The van der Waals surface area contributed by atoms with Gasteiger partial charge >= 0.3 is 5.69 Å². The van der Waals surface area contributed by atoms with E-state index in [-0.39, 0.29) is 17.6 Å². The van der Waals surface area contributed by atoms with E-state index in [0.29, 0.717) is 24.6 Å². The molecule has 23 heavy (non-hydrogen) atoms. The number of nitrogens with one attached hydrogen (secondary N) is 1. The Labute approximate surface area is 135 Å². The zero-order valence-corrected chi connectivity index (χ0v) is 13.7. The Morgan fingerprint density at radius 2 is 2.30 bits per heavy atom. The second kappa shape index (κ2) is 6.29. The van der Waals surface area contributed by atoms with Gasteiger partial charge in [-0.2, -0.15) is 5.10 Å². The lowest BCUT2D eigenvalue weighted by molar-refractivity contribution is -0.385. The van der Waals surface area contributed by atoms with E-state index < -0.39 is 4.92 Å². The average molecular weight is 320 g/mol. The summed E-state index contributed by atoms with van der Waals surface area (Å²) in [4.78, 5) is 22.5. The minimum Gasteiger partial charge on any atom is -0.353 e. The molecule has 126 valence electrons. The fourth-order valence-corrected chi connectivity index (χ4v) is 4.39. The summed E-state index contributed by atoms with van der Waals surface area (Å²) in [6, 6.07) is 0.214. The summed E-state index contributed by atoms with van der Waals surface area (Å²) in [7, 11) is 0. The Morgan fingerprint density at radius 1 is 1.52 bits per heavy atom. The van der Waals surface area contributed by atoms with E-state index in [1.807, 2.05) is 0 Å². The standard InChI is InChI=1S/C16H24N4O3/c1-10(14-8-12-3-4-13(14)7-12)18-16(21)5-6-19-11(2)15(9-17-19)20(22)23/h9-10,12-14H,3-8H2,1-2H3,(H,18,21)/t10-,12-,13-,14-/m1/s1. The molecule has 7 nitrogen and oxygen atoms in total. The lowest BCUT2D eigenvalue weighted by Crippen LogP contribution is -2.40. The molecule has 2 bridgehead atoms. The molecule has 0 saturated heterocycles. The van der Waals surface area contributed by atoms with E-state index in [4.69, 9.17) is 0 Å². The van der Waals surface area contributed by atoms with Crippen LogP contribution in [-0.4, -0.2) is 26.7 Å². The minimum atomic E-state index is -0.448. The number of hydrogen-bond donors (Lipinski definition) is 1. The molecule has 0 unspecified atom stereocenters. The van der Waals surface area contributed by atoms with Crippen molar-refractivity contribution in [3.8, 4) is 0 Å². The molecule has 2 saturated carbocycles. The van der Waals surface area contributed by atoms with Crippen molar-refractivity contribution in [3.63, 3.8) is 0 Å². The number of carbonyl (C=O) groups is 1. The van der Waals surface area contributed by atoms with Crippen molar-refractivity contribution in [1.82, 2.24) is 15.1 Å². The van der Waals surface area contributed by atoms with E-state index in [2.05, 4.69) is 17.3 Å². The minimum absolute atomic E-state index is 0.000701. The first-order valence-electron chi connectivity index (χ1n) is 8.42. The summed E-state index contributed by atoms with van der Waals surface area (Å²) < 4.78 is 1.53. The van der Waals surface area contributed by atoms with Crippen LogP contribution in [-0.2, 0) is 11.3 Å². The highest BCUT2D eigenvalue weighted by atomic mass is 16.6. The van der Waals surface area contributed by atoms with Crippen LogP contribution in [0.5, 0.6) is 0 Å². The van der Waals surface area contributed by atoms with Gasteiger partial charge in [0.15, 0.2) is 0 Å². The largest absolute Gasteiger partial charge is 0.353 e. The zero-order chi connectivity index (χ0) is 16.6. The molecule has 0 aromatic carbocycles. The Bertz CT molecular complexity index is 612. The Balaban J connectivity index is 1.49. The molecule has 1 aromatic rings. The van der Waals surface area contributed by atoms with Crippen molar-refractivity contribution in [1.29, 1.82) is 0 Å². The number of fused-ring (bicyclic) bond motifs is 2.